The van der Waals surface area contributed by atoms with Crippen molar-refractivity contribution in [1.29, 1.82) is 0 Å². The topological polar surface area (TPSA) is 52.6 Å². The van der Waals surface area contributed by atoms with Crippen molar-refractivity contribution in [2.24, 2.45) is 0 Å². The molecule has 0 bridgehead atoms. The molecule has 4 nitrogen and oxygen atoms in total. The first-order chi connectivity index (χ1) is 12.3. The molecule has 0 aliphatic rings. The monoisotopic (exact) mass is 358 g/mol. The van der Waals surface area contributed by atoms with Crippen molar-refractivity contribution in [2.75, 3.05) is 13.2 Å². The normalized spacial score (nSPS) is 10.9. The second-order valence-corrected chi connectivity index (χ2v) is 7.14. The largest absolute Gasteiger partial charge is 0.462 e. The summed E-state index contributed by atoms with van der Waals surface area (Å²) in [5.41, 5.74) is 1.30. The van der Waals surface area contributed by atoms with E-state index >= 15 is 0 Å². The van der Waals surface area contributed by atoms with E-state index in [2.05, 4.69) is 33.9 Å². The third-order valence-corrected chi connectivity index (χ3v) is 3.90. The lowest BCUT2D eigenvalue weighted by atomic mass is 9.85. The fraction of sp³-hybridized carbons (Fsp3) is 0.455. The Labute approximate surface area is 156 Å². The quantitative estimate of drug-likeness (QED) is 0.326. The maximum Gasteiger partial charge on any atom is 0.339 e. The molecule has 0 saturated heterocycles. The van der Waals surface area contributed by atoms with Crippen LogP contribution >= 0.6 is 0 Å². The van der Waals surface area contributed by atoms with E-state index in [4.69, 9.17) is 9.47 Å². The van der Waals surface area contributed by atoms with Crippen molar-refractivity contribution in [1.82, 2.24) is 0 Å². The fourth-order valence-electron chi connectivity index (χ4n) is 2.30. The molecular weight excluding hydrogens is 328 g/mol. The van der Waals surface area contributed by atoms with Gasteiger partial charge < -0.3 is 9.47 Å². The van der Waals surface area contributed by atoms with Crippen molar-refractivity contribution in [3.05, 3.63) is 60.2 Å². The number of hydrogen-bond acceptors (Lipinski definition) is 4. The van der Waals surface area contributed by atoms with Gasteiger partial charge in [0, 0.05) is 0 Å². The van der Waals surface area contributed by atoms with Gasteiger partial charge in [-0.15, -0.1) is 13.2 Å². The molecule has 0 fully saturated rings. The van der Waals surface area contributed by atoms with E-state index in [1.54, 1.807) is 24.3 Å². The van der Waals surface area contributed by atoms with Gasteiger partial charge in [0.2, 0.25) is 0 Å². The zero-order chi connectivity index (χ0) is 19.6. The van der Waals surface area contributed by atoms with Gasteiger partial charge in [0.05, 0.1) is 24.3 Å². The third-order valence-electron chi connectivity index (χ3n) is 3.90. The van der Waals surface area contributed by atoms with E-state index in [9.17, 15) is 9.59 Å². The Morgan fingerprint density at radius 2 is 1.42 bits per heavy atom. The maximum absolute atomic E-state index is 12.5. The van der Waals surface area contributed by atoms with Crippen LogP contribution in [-0.2, 0) is 14.9 Å². The second-order valence-electron chi connectivity index (χ2n) is 7.14. The number of rotatable bonds is 10. The molecular formula is C22H30O4. The first-order valence-corrected chi connectivity index (χ1v) is 9.01. The lowest BCUT2D eigenvalue weighted by molar-refractivity contribution is 0.0454. The van der Waals surface area contributed by atoms with E-state index in [-0.39, 0.29) is 16.5 Å². The summed E-state index contributed by atoms with van der Waals surface area (Å²) in [4.78, 5) is 24.9. The first kappa shape index (κ1) is 21.7. The van der Waals surface area contributed by atoms with Crippen molar-refractivity contribution < 1.29 is 19.1 Å². The van der Waals surface area contributed by atoms with Gasteiger partial charge in [0.15, 0.2) is 0 Å². The molecule has 0 aliphatic heterocycles. The van der Waals surface area contributed by atoms with Gasteiger partial charge in [0.1, 0.15) is 0 Å². The van der Waals surface area contributed by atoms with Crippen molar-refractivity contribution in [3.8, 4) is 0 Å². The highest BCUT2D eigenvalue weighted by atomic mass is 16.5. The molecule has 142 valence electrons. The molecule has 1 aromatic rings. The highest BCUT2D eigenvalue weighted by Gasteiger charge is 2.23. The zero-order valence-corrected chi connectivity index (χ0v) is 16.2. The molecule has 1 aromatic carbocycles. The van der Waals surface area contributed by atoms with E-state index < -0.39 is 11.9 Å². The number of ether oxygens (including phenoxy) is 2. The number of carbonyl (C=O) groups excluding carboxylic acids is 2. The van der Waals surface area contributed by atoms with Crippen LogP contribution in [0.4, 0.5) is 0 Å². The van der Waals surface area contributed by atoms with Crippen LogP contribution in [0, 0.1) is 0 Å². The molecule has 0 aromatic heterocycles. The van der Waals surface area contributed by atoms with Gasteiger partial charge in [-0.1, -0.05) is 39.0 Å². The molecule has 0 amide bonds. The summed E-state index contributed by atoms with van der Waals surface area (Å²) in [6, 6.07) is 5.24. The number of unbranched alkanes of at least 4 members (excludes halogenated alkanes) is 2. The Bertz CT molecular complexity index is 638. The summed E-state index contributed by atoms with van der Waals surface area (Å²) in [5, 5.41) is 0. The average molecular weight is 358 g/mol. The molecule has 0 radical (unpaired) electrons. The van der Waals surface area contributed by atoms with Gasteiger partial charge >= 0.3 is 11.9 Å². The molecule has 26 heavy (non-hydrogen) atoms. The number of allylic oxidation sites excluding steroid dienone is 2. The molecule has 0 unspecified atom stereocenters. The minimum Gasteiger partial charge on any atom is -0.462 e. The van der Waals surface area contributed by atoms with Crippen molar-refractivity contribution in [3.63, 3.8) is 0 Å². The fourth-order valence-corrected chi connectivity index (χ4v) is 2.30. The lowest BCUT2D eigenvalue weighted by Crippen LogP contribution is -2.18. The molecule has 4 heteroatoms. The van der Waals surface area contributed by atoms with Crippen LogP contribution in [0.3, 0.4) is 0 Å². The molecule has 0 N–H and O–H groups in total. The Balaban J connectivity index is 3.00. The van der Waals surface area contributed by atoms with E-state index in [0.29, 0.717) is 26.1 Å². The summed E-state index contributed by atoms with van der Waals surface area (Å²) in [7, 11) is 0. The minimum absolute atomic E-state index is 0.149. The Kier molecular flexibility index (Phi) is 8.83. The van der Waals surface area contributed by atoms with Crippen LogP contribution < -0.4 is 0 Å². The molecule has 0 aliphatic carbocycles. The van der Waals surface area contributed by atoms with Crippen LogP contribution in [-0.4, -0.2) is 25.2 Å². The Morgan fingerprint density at radius 3 is 1.88 bits per heavy atom. The number of esters is 2. The molecule has 0 atom stereocenters. The zero-order valence-electron chi connectivity index (χ0n) is 16.2. The Morgan fingerprint density at radius 1 is 0.923 bits per heavy atom. The van der Waals surface area contributed by atoms with Crippen molar-refractivity contribution in [2.45, 2.75) is 51.9 Å². The summed E-state index contributed by atoms with van der Waals surface area (Å²) >= 11 is 0. The summed E-state index contributed by atoms with van der Waals surface area (Å²) < 4.78 is 10.6. The second kappa shape index (κ2) is 10.6. The van der Waals surface area contributed by atoms with E-state index in [1.807, 2.05) is 6.07 Å². The molecule has 0 saturated carbocycles. The Hall–Kier alpha value is -2.36. The van der Waals surface area contributed by atoms with Crippen molar-refractivity contribution >= 4 is 11.9 Å². The van der Waals surface area contributed by atoms with Crippen LogP contribution in [0.2, 0.25) is 0 Å². The molecule has 0 spiro atoms. The highest BCUT2D eigenvalue weighted by molar-refractivity contribution is 6.03. The van der Waals surface area contributed by atoms with Gasteiger partial charge in [-0.2, -0.15) is 0 Å². The predicted molar refractivity (Wildman–Crippen MR) is 105 cm³/mol. The molecule has 1 rings (SSSR count). The SMILES string of the molecule is C=CCCCOC(=O)c1ccc(C(C)(C)C)cc1C(=O)OCCCC=C. The standard InChI is InChI=1S/C22H30O4/c1-6-8-10-14-25-20(23)18-13-12-17(22(3,4)5)16-19(18)21(24)26-15-11-9-7-2/h6-7,12-13,16H,1-2,8-11,14-15H2,3-5H3. The highest BCUT2D eigenvalue weighted by Crippen LogP contribution is 2.25. The average Bonchev–Trinajstić information content (AvgIpc) is 2.60. The lowest BCUT2D eigenvalue weighted by Gasteiger charge is -2.20. The summed E-state index contributed by atoms with van der Waals surface area (Å²) in [6.07, 6.45) is 6.51. The number of hydrogen-bond donors (Lipinski definition) is 0. The van der Waals surface area contributed by atoms with Crippen LogP contribution in [0.25, 0.3) is 0 Å². The van der Waals surface area contributed by atoms with Gasteiger partial charge in [-0.3, -0.25) is 0 Å². The summed E-state index contributed by atoms with van der Waals surface area (Å²) in [6.45, 7) is 14.0. The first-order valence-electron chi connectivity index (χ1n) is 9.01. The minimum atomic E-state index is -0.507. The number of benzene rings is 1. The molecule has 0 heterocycles. The van der Waals surface area contributed by atoms with Gasteiger partial charge in [0.25, 0.3) is 0 Å². The van der Waals surface area contributed by atoms with Crippen LogP contribution in [0.15, 0.2) is 43.5 Å². The smallest absolute Gasteiger partial charge is 0.339 e. The van der Waals surface area contributed by atoms with Crippen LogP contribution in [0.1, 0.15) is 72.7 Å². The predicted octanol–water partition coefficient (Wildman–Crippen LogP) is 5.23. The maximum atomic E-state index is 12.5. The van der Waals surface area contributed by atoms with E-state index in [1.165, 1.54) is 0 Å². The van der Waals surface area contributed by atoms with Crippen LogP contribution in [0.5, 0.6) is 0 Å². The number of carbonyl (C=O) groups is 2. The summed E-state index contributed by atoms with van der Waals surface area (Å²) in [5.74, 6) is -1.01. The third kappa shape index (κ3) is 6.87. The van der Waals surface area contributed by atoms with Gasteiger partial charge in [-0.25, -0.2) is 9.59 Å². The van der Waals surface area contributed by atoms with Gasteiger partial charge in [-0.05, 0) is 48.8 Å². The van der Waals surface area contributed by atoms with E-state index in [0.717, 1.165) is 18.4 Å².